The van der Waals surface area contributed by atoms with Crippen molar-refractivity contribution < 1.29 is 66.8 Å². The molecule has 71 heavy (non-hydrogen) atoms. The van der Waals surface area contributed by atoms with Crippen molar-refractivity contribution in [2.45, 2.75) is 150 Å². The van der Waals surface area contributed by atoms with Crippen LogP contribution in [0.5, 0.6) is 0 Å². The van der Waals surface area contributed by atoms with Gasteiger partial charge in [-0.15, -0.1) is 11.6 Å². The molecule has 0 saturated carbocycles. The Hall–Kier alpha value is -5.88. The number of alkyl carbamates (subject to hydrolysis) is 2. The van der Waals surface area contributed by atoms with E-state index >= 15 is 0 Å². The van der Waals surface area contributed by atoms with Crippen LogP contribution in [0.15, 0.2) is 54.6 Å². The molecule has 0 spiro atoms. The van der Waals surface area contributed by atoms with Crippen LogP contribution in [0.4, 0.5) is 9.59 Å². The summed E-state index contributed by atoms with van der Waals surface area (Å²) >= 11 is 13.6. The third kappa shape index (κ3) is 21.2. The Morgan fingerprint density at radius 2 is 1.42 bits per heavy atom. The number of aryl methyl sites for hydroxylation is 1. The minimum atomic E-state index is -1.41. The lowest BCUT2D eigenvalue weighted by Crippen LogP contribution is -2.51. The Morgan fingerprint density at radius 3 is 1.99 bits per heavy atom. The van der Waals surface area contributed by atoms with Crippen molar-refractivity contribution in [2.24, 2.45) is 17.3 Å². The Morgan fingerprint density at radius 1 is 0.845 bits per heavy atom. The maximum Gasteiger partial charge on any atom is 0.408 e. The zero-order valence-corrected chi connectivity index (χ0v) is 44.2. The Labute approximate surface area is 426 Å². The number of cyclic esters (lactones) is 2. The molecule has 0 bridgehead atoms. The summed E-state index contributed by atoms with van der Waals surface area (Å²) in [6, 6.07) is 10.6. The molecular formula is C51H70Cl2N4O14. The predicted octanol–water partition coefficient (Wildman–Crippen LogP) is 7.27. The summed E-state index contributed by atoms with van der Waals surface area (Å²) in [5.74, 6) is -5.76. The Bertz CT molecular complexity index is 2240. The van der Waals surface area contributed by atoms with Gasteiger partial charge in [-0.25, -0.2) is 14.4 Å². The number of ether oxygens (including phenoxy) is 6. The van der Waals surface area contributed by atoms with Gasteiger partial charge in [0.2, 0.25) is 11.8 Å². The maximum atomic E-state index is 14.2. The number of benzene rings is 2. The summed E-state index contributed by atoms with van der Waals surface area (Å²) in [5, 5.41) is 9.49. The number of carbonyl (C=O) groups is 8. The van der Waals surface area contributed by atoms with Crippen molar-refractivity contribution in [1.82, 2.24) is 21.3 Å². The highest BCUT2D eigenvalue weighted by molar-refractivity contribution is 6.31. The van der Waals surface area contributed by atoms with Crippen LogP contribution in [-0.2, 0) is 70.2 Å². The summed E-state index contributed by atoms with van der Waals surface area (Å²) in [4.78, 5) is 106. The number of amides is 4. The van der Waals surface area contributed by atoms with Crippen molar-refractivity contribution in [3.05, 3.63) is 81.9 Å². The van der Waals surface area contributed by atoms with Crippen molar-refractivity contribution in [3.63, 3.8) is 0 Å². The van der Waals surface area contributed by atoms with Crippen LogP contribution < -0.4 is 21.3 Å². The van der Waals surface area contributed by atoms with E-state index in [9.17, 15) is 38.4 Å². The molecule has 0 radical (unpaired) electrons. The normalized spacial score (nSPS) is 19.8. The van der Waals surface area contributed by atoms with Crippen molar-refractivity contribution >= 4 is 71.1 Å². The van der Waals surface area contributed by atoms with E-state index in [0.29, 0.717) is 21.7 Å². The smallest absolute Gasteiger partial charge is 0.408 e. The van der Waals surface area contributed by atoms with E-state index in [1.54, 1.807) is 105 Å². The second-order valence-electron chi connectivity index (χ2n) is 20.4. The molecule has 0 aromatic heterocycles. The molecule has 1 heterocycles. The lowest BCUT2D eigenvalue weighted by atomic mass is 9.90. The zero-order valence-electron chi connectivity index (χ0n) is 42.7. The molecule has 18 nitrogen and oxygen atoms in total. The van der Waals surface area contributed by atoms with E-state index in [1.165, 1.54) is 12.2 Å². The van der Waals surface area contributed by atoms with Crippen molar-refractivity contribution in [2.75, 3.05) is 19.6 Å². The second kappa shape index (κ2) is 26.5. The van der Waals surface area contributed by atoms with E-state index in [2.05, 4.69) is 21.3 Å². The highest BCUT2D eigenvalue weighted by Gasteiger charge is 2.40. The van der Waals surface area contributed by atoms with Gasteiger partial charge in [0.05, 0.1) is 10.8 Å². The Balaban J connectivity index is 2.02. The summed E-state index contributed by atoms with van der Waals surface area (Å²) < 4.78 is 33.7. The molecule has 1 aliphatic rings. The van der Waals surface area contributed by atoms with Crippen LogP contribution in [-0.4, -0.2) is 103 Å². The molecule has 3 rings (SSSR count). The van der Waals surface area contributed by atoms with Gasteiger partial charge >= 0.3 is 36.1 Å². The fourth-order valence-corrected chi connectivity index (χ4v) is 7.33. The van der Waals surface area contributed by atoms with Crippen molar-refractivity contribution in [3.8, 4) is 0 Å². The third-order valence-corrected chi connectivity index (χ3v) is 11.5. The molecule has 0 fully saturated rings. The summed E-state index contributed by atoms with van der Waals surface area (Å²) in [7, 11) is 0. The standard InChI is InChI=1S/C51H70Cl2N4O14/c1-29(2)22-38-45(62)67-37(14-13-15-39(58)57-36(24-33-17-16-30(3)35(52)23-33)44(61)56-28-51(11,12)46(63)68-38)31(4)43(69-41(60)26-55-48(65)71-50(8,9)10)42(53)34-20-18-32(19-21-34)27-66-40(59)25-54-47(64)70-49(5,6)7/h13,15-21,23,29,31,36-38,42-43H,14,22,24-28H2,1-12H3,(H,54,64)(H,55,65)(H,56,61)(H,57,58)/b15-13+/t31-,36+,37-,38-,42-,43+/m0/s1. The minimum absolute atomic E-state index is 0.0520. The van der Waals surface area contributed by atoms with Gasteiger partial charge in [0.15, 0.2) is 6.10 Å². The van der Waals surface area contributed by atoms with Gasteiger partial charge in [-0.1, -0.05) is 74.8 Å². The van der Waals surface area contributed by atoms with Gasteiger partial charge in [0.25, 0.3) is 0 Å². The molecule has 4 amide bonds. The number of esters is 4. The number of alkyl halides is 1. The molecule has 6 atom stereocenters. The second-order valence-corrected chi connectivity index (χ2v) is 21.3. The van der Waals surface area contributed by atoms with Crippen LogP contribution in [0.2, 0.25) is 5.02 Å². The fraction of sp³-hybridized carbons (Fsp3) is 0.569. The summed E-state index contributed by atoms with van der Waals surface area (Å²) in [5.41, 5.74) is -0.545. The first-order valence-corrected chi connectivity index (χ1v) is 24.2. The van der Waals surface area contributed by atoms with Crippen LogP contribution in [0.25, 0.3) is 0 Å². The summed E-state index contributed by atoms with van der Waals surface area (Å²) in [6.45, 7) is 18.7. The van der Waals surface area contributed by atoms with E-state index in [0.717, 1.165) is 5.56 Å². The number of rotatable bonds is 15. The first-order valence-electron chi connectivity index (χ1n) is 23.4. The van der Waals surface area contributed by atoms with Gasteiger partial charge < -0.3 is 49.7 Å². The molecule has 2 aromatic rings. The third-order valence-electron chi connectivity index (χ3n) is 10.6. The molecule has 392 valence electrons. The molecule has 20 heteroatoms. The van der Waals surface area contributed by atoms with Gasteiger partial charge in [0.1, 0.15) is 49.1 Å². The lowest BCUT2D eigenvalue weighted by Gasteiger charge is -2.34. The van der Waals surface area contributed by atoms with Gasteiger partial charge in [-0.3, -0.25) is 24.0 Å². The fourth-order valence-electron chi connectivity index (χ4n) is 6.70. The SMILES string of the molecule is Cc1ccc(C[C@H]2NC(=O)/C=C/C[C@@H]([C@H](C)[C@@H](OC(=O)CNC(=O)OC(C)(C)C)[C@@H](Cl)c3ccc(COC(=O)CNC(=O)OC(C)(C)C)cc3)OC(=O)[C@H](CC(C)C)OC(=O)C(C)(C)CNC2=O)cc1Cl. The molecule has 4 N–H and O–H groups in total. The quantitative estimate of drug-likeness (QED) is 0.0780. The average molecular weight is 1030 g/mol. The van der Waals surface area contributed by atoms with E-state index < -0.39 is 113 Å². The number of hydrogen-bond acceptors (Lipinski definition) is 14. The predicted molar refractivity (Wildman–Crippen MR) is 264 cm³/mol. The molecule has 2 aromatic carbocycles. The Kier molecular flexibility index (Phi) is 22.2. The van der Waals surface area contributed by atoms with E-state index in [-0.39, 0.29) is 38.3 Å². The first kappa shape index (κ1) is 59.4. The van der Waals surface area contributed by atoms with E-state index in [1.807, 2.05) is 20.8 Å². The van der Waals surface area contributed by atoms with Gasteiger partial charge in [0, 0.05) is 30.3 Å². The van der Waals surface area contributed by atoms with E-state index in [4.69, 9.17) is 51.6 Å². The molecule has 1 aliphatic heterocycles. The largest absolute Gasteiger partial charge is 0.460 e. The van der Waals surface area contributed by atoms with Crippen LogP contribution in [0.3, 0.4) is 0 Å². The highest BCUT2D eigenvalue weighted by atomic mass is 35.5. The van der Waals surface area contributed by atoms with Gasteiger partial charge in [-0.05, 0) is 109 Å². The molecule has 0 aliphatic carbocycles. The highest BCUT2D eigenvalue weighted by Crippen LogP contribution is 2.35. The first-order chi connectivity index (χ1) is 32.9. The van der Waals surface area contributed by atoms with Crippen LogP contribution in [0, 0.1) is 24.2 Å². The number of carbonyl (C=O) groups excluding carboxylic acids is 8. The number of nitrogens with one attached hydrogen (secondary N) is 4. The van der Waals surface area contributed by atoms with Crippen LogP contribution in [0.1, 0.15) is 117 Å². The molecule has 0 unspecified atom stereocenters. The van der Waals surface area contributed by atoms with Crippen molar-refractivity contribution in [1.29, 1.82) is 0 Å². The topological polar surface area (TPSA) is 240 Å². The minimum Gasteiger partial charge on any atom is -0.460 e. The molecular weight excluding hydrogens is 963 g/mol. The molecule has 0 saturated heterocycles. The van der Waals surface area contributed by atoms with Gasteiger partial charge in [-0.2, -0.15) is 0 Å². The number of halogens is 2. The van der Waals surface area contributed by atoms with Crippen LogP contribution >= 0.6 is 23.2 Å². The number of hydrogen-bond donors (Lipinski definition) is 4. The maximum absolute atomic E-state index is 14.2. The average Bonchev–Trinajstić information content (AvgIpc) is 3.26. The lowest BCUT2D eigenvalue weighted by molar-refractivity contribution is -0.181. The summed E-state index contributed by atoms with van der Waals surface area (Å²) in [6.07, 6.45) is -3.05. The zero-order chi connectivity index (χ0) is 53.4. The monoisotopic (exact) mass is 1030 g/mol.